The predicted octanol–water partition coefficient (Wildman–Crippen LogP) is 2.83. The van der Waals surface area contributed by atoms with Crippen LogP contribution in [-0.4, -0.2) is 49.1 Å². The quantitative estimate of drug-likeness (QED) is 0.763. The summed E-state index contributed by atoms with van der Waals surface area (Å²) < 4.78 is 5.41. The van der Waals surface area contributed by atoms with Gasteiger partial charge in [-0.1, -0.05) is 24.3 Å². The normalized spacial score (nSPS) is 14.1. The van der Waals surface area contributed by atoms with E-state index in [4.69, 9.17) is 4.74 Å². The fourth-order valence-electron chi connectivity index (χ4n) is 3.48. The number of hydrogen-bond acceptors (Lipinski definition) is 5. The van der Waals surface area contributed by atoms with Gasteiger partial charge < -0.3 is 14.7 Å². The number of imide groups is 1. The van der Waals surface area contributed by atoms with Gasteiger partial charge in [0.2, 0.25) is 0 Å². The van der Waals surface area contributed by atoms with Crippen LogP contribution in [0, 0.1) is 20.8 Å². The van der Waals surface area contributed by atoms with Crippen molar-refractivity contribution < 1.29 is 19.4 Å². The Morgan fingerprint density at radius 1 is 1.00 bits per heavy atom. The van der Waals surface area contributed by atoms with Gasteiger partial charge in [-0.25, -0.2) is 4.90 Å². The number of amides is 2. The van der Waals surface area contributed by atoms with Gasteiger partial charge in [0.15, 0.2) is 0 Å². The first-order valence-electron chi connectivity index (χ1n) is 9.47. The number of nitrogens with zero attached hydrogens (tertiary/aromatic N) is 2. The first-order valence-corrected chi connectivity index (χ1v) is 9.47. The third-order valence-corrected chi connectivity index (χ3v) is 5.25. The highest BCUT2D eigenvalue weighted by Gasteiger charge is 2.42. The number of aliphatic hydroxyl groups is 1. The summed E-state index contributed by atoms with van der Waals surface area (Å²) in [7, 11) is 3.21. The minimum absolute atomic E-state index is 0.130. The Bertz CT molecular complexity index is 1010. The van der Waals surface area contributed by atoms with Crippen LogP contribution in [0.15, 0.2) is 42.1 Å². The second kappa shape index (κ2) is 8.09. The molecule has 1 aliphatic heterocycles. The number of benzene rings is 2. The lowest BCUT2D eigenvalue weighted by molar-refractivity contribution is -0.120. The molecular formula is C23H26N2O4. The van der Waals surface area contributed by atoms with Crippen LogP contribution < -0.4 is 9.64 Å². The maximum atomic E-state index is 13.5. The van der Waals surface area contributed by atoms with Crippen molar-refractivity contribution >= 4 is 23.1 Å². The molecule has 0 spiro atoms. The second-order valence-electron chi connectivity index (χ2n) is 7.29. The van der Waals surface area contributed by atoms with Crippen LogP contribution in [0.4, 0.5) is 5.69 Å². The lowest BCUT2D eigenvalue weighted by Gasteiger charge is -2.21. The highest BCUT2D eigenvalue weighted by atomic mass is 16.5. The fourth-order valence-corrected chi connectivity index (χ4v) is 3.48. The summed E-state index contributed by atoms with van der Waals surface area (Å²) in [6.07, 6.45) is 0. The van der Waals surface area contributed by atoms with E-state index in [-0.39, 0.29) is 18.8 Å². The van der Waals surface area contributed by atoms with Crippen LogP contribution in [0.5, 0.6) is 5.75 Å². The van der Waals surface area contributed by atoms with Crippen molar-refractivity contribution in [3.8, 4) is 5.75 Å². The number of carbonyl (C=O) groups is 2. The molecule has 0 bridgehead atoms. The number of methoxy groups -OCH3 is 1. The van der Waals surface area contributed by atoms with E-state index in [1.54, 1.807) is 24.1 Å². The number of anilines is 1. The van der Waals surface area contributed by atoms with Crippen LogP contribution in [0.2, 0.25) is 0 Å². The Hall–Kier alpha value is -3.12. The SMILES string of the molecule is COc1ccc(C)cc1N1C(=O)C(c2ccc(C)c(C)c2)=C(N(C)CCO)C1=O. The molecule has 6 heteroatoms. The number of likely N-dealkylation sites (N-methyl/N-ethyl adjacent to an activating group) is 1. The Balaban J connectivity index is 2.20. The highest BCUT2D eigenvalue weighted by molar-refractivity contribution is 6.45. The van der Waals surface area contributed by atoms with Crippen molar-refractivity contribution in [1.82, 2.24) is 4.90 Å². The van der Waals surface area contributed by atoms with Crippen LogP contribution in [0.1, 0.15) is 22.3 Å². The van der Waals surface area contributed by atoms with Crippen molar-refractivity contribution in [3.63, 3.8) is 0 Å². The van der Waals surface area contributed by atoms with Gasteiger partial charge in [0, 0.05) is 13.6 Å². The minimum atomic E-state index is -0.428. The molecular weight excluding hydrogens is 368 g/mol. The summed E-state index contributed by atoms with van der Waals surface area (Å²) in [5, 5.41) is 9.39. The summed E-state index contributed by atoms with van der Waals surface area (Å²) in [5.74, 6) is -0.382. The molecule has 2 aromatic rings. The van der Waals surface area contributed by atoms with Gasteiger partial charge in [0.25, 0.3) is 11.8 Å². The van der Waals surface area contributed by atoms with E-state index >= 15 is 0 Å². The van der Waals surface area contributed by atoms with Gasteiger partial charge in [-0.2, -0.15) is 0 Å². The number of ether oxygens (including phenoxy) is 1. The molecule has 0 radical (unpaired) electrons. The Morgan fingerprint density at radius 3 is 2.34 bits per heavy atom. The van der Waals surface area contributed by atoms with Gasteiger partial charge in [-0.15, -0.1) is 0 Å². The third kappa shape index (κ3) is 3.63. The fraction of sp³-hybridized carbons (Fsp3) is 0.304. The van der Waals surface area contributed by atoms with Crippen LogP contribution in [0.3, 0.4) is 0 Å². The monoisotopic (exact) mass is 394 g/mol. The molecule has 3 rings (SSSR count). The molecule has 29 heavy (non-hydrogen) atoms. The van der Waals surface area contributed by atoms with Crippen LogP contribution in [-0.2, 0) is 9.59 Å². The standard InChI is InChI=1S/C23H26N2O4/c1-14-6-9-19(29-5)18(12-14)25-22(27)20(17-8-7-15(2)16(3)13-17)21(23(25)28)24(4)10-11-26/h6-9,12-13,26H,10-11H2,1-5H3. The zero-order chi connectivity index (χ0) is 21.3. The molecule has 0 aromatic heterocycles. The number of hydrogen-bond donors (Lipinski definition) is 1. The number of aryl methyl sites for hydroxylation is 3. The lowest BCUT2D eigenvalue weighted by Crippen LogP contribution is -2.35. The predicted molar refractivity (Wildman–Crippen MR) is 113 cm³/mol. The summed E-state index contributed by atoms with van der Waals surface area (Å²) in [6, 6.07) is 11.1. The minimum Gasteiger partial charge on any atom is -0.495 e. The molecule has 1 N–H and O–H groups in total. The summed E-state index contributed by atoms with van der Waals surface area (Å²) in [5.41, 5.74) is 4.75. The first-order chi connectivity index (χ1) is 13.8. The van der Waals surface area contributed by atoms with Crippen LogP contribution >= 0.6 is 0 Å². The van der Waals surface area contributed by atoms with Gasteiger partial charge in [0.05, 0.1) is 25.0 Å². The van der Waals surface area contributed by atoms with E-state index in [0.717, 1.165) is 16.7 Å². The molecule has 1 heterocycles. The Morgan fingerprint density at radius 2 is 1.72 bits per heavy atom. The van der Waals surface area contributed by atoms with E-state index in [1.165, 1.54) is 12.0 Å². The Labute approximate surface area is 171 Å². The first kappa shape index (κ1) is 20.6. The average Bonchev–Trinajstić information content (AvgIpc) is 2.94. The van der Waals surface area contributed by atoms with E-state index in [0.29, 0.717) is 22.6 Å². The lowest BCUT2D eigenvalue weighted by atomic mass is 9.99. The van der Waals surface area contributed by atoms with E-state index in [2.05, 4.69) is 0 Å². The topological polar surface area (TPSA) is 70.1 Å². The van der Waals surface area contributed by atoms with Gasteiger partial charge in [-0.05, 0) is 55.2 Å². The smallest absolute Gasteiger partial charge is 0.282 e. The molecule has 2 aromatic carbocycles. The number of carbonyl (C=O) groups excluding carboxylic acids is 2. The van der Waals surface area contributed by atoms with Gasteiger partial charge in [-0.3, -0.25) is 9.59 Å². The molecule has 6 nitrogen and oxygen atoms in total. The summed E-state index contributed by atoms with van der Waals surface area (Å²) in [4.78, 5) is 29.7. The van der Waals surface area contributed by atoms with E-state index in [1.807, 2.05) is 45.0 Å². The molecule has 2 amide bonds. The number of aliphatic hydroxyl groups excluding tert-OH is 1. The molecule has 0 unspecified atom stereocenters. The van der Waals surface area contributed by atoms with Crippen LogP contribution in [0.25, 0.3) is 5.57 Å². The zero-order valence-corrected chi connectivity index (χ0v) is 17.4. The molecule has 152 valence electrons. The second-order valence-corrected chi connectivity index (χ2v) is 7.29. The van der Waals surface area contributed by atoms with Crippen molar-refractivity contribution in [2.45, 2.75) is 20.8 Å². The van der Waals surface area contributed by atoms with Crippen molar-refractivity contribution in [1.29, 1.82) is 0 Å². The summed E-state index contributed by atoms with van der Waals surface area (Å²) >= 11 is 0. The molecule has 0 saturated carbocycles. The molecule has 1 aliphatic rings. The van der Waals surface area contributed by atoms with Crippen molar-refractivity contribution in [2.24, 2.45) is 0 Å². The molecule has 0 aliphatic carbocycles. The number of rotatable bonds is 6. The maximum Gasteiger partial charge on any atom is 0.282 e. The Kier molecular flexibility index (Phi) is 5.75. The zero-order valence-electron chi connectivity index (χ0n) is 17.4. The molecule has 0 fully saturated rings. The van der Waals surface area contributed by atoms with Crippen molar-refractivity contribution in [2.75, 3.05) is 32.2 Å². The largest absolute Gasteiger partial charge is 0.495 e. The van der Waals surface area contributed by atoms with Crippen molar-refractivity contribution in [3.05, 3.63) is 64.3 Å². The van der Waals surface area contributed by atoms with Gasteiger partial charge in [0.1, 0.15) is 11.4 Å². The van der Waals surface area contributed by atoms with E-state index in [9.17, 15) is 14.7 Å². The third-order valence-electron chi connectivity index (χ3n) is 5.25. The maximum absolute atomic E-state index is 13.5. The van der Waals surface area contributed by atoms with Gasteiger partial charge >= 0.3 is 0 Å². The molecule has 0 atom stereocenters. The molecule has 0 saturated heterocycles. The average molecular weight is 394 g/mol. The van der Waals surface area contributed by atoms with E-state index < -0.39 is 11.8 Å². The highest BCUT2D eigenvalue weighted by Crippen LogP contribution is 2.39. The summed E-state index contributed by atoms with van der Waals surface area (Å²) in [6.45, 7) is 5.97.